The molecule has 1 fully saturated rings. The third-order valence-electron chi connectivity index (χ3n) is 4.64. The molecule has 0 bridgehead atoms. The van der Waals surface area contributed by atoms with Crippen molar-refractivity contribution in [2.45, 2.75) is 18.7 Å². The summed E-state index contributed by atoms with van der Waals surface area (Å²) < 4.78 is 26.7. The number of carbonyl (C=O) groups excluding carboxylic acids is 1. The van der Waals surface area contributed by atoms with Gasteiger partial charge < -0.3 is 10.2 Å². The van der Waals surface area contributed by atoms with Crippen molar-refractivity contribution in [3.63, 3.8) is 0 Å². The number of amides is 1. The lowest BCUT2D eigenvalue weighted by Gasteiger charge is -2.34. The Kier molecular flexibility index (Phi) is 5.82. The predicted molar refractivity (Wildman–Crippen MR) is 106 cm³/mol. The number of sulfonamides is 1. The predicted octanol–water partition coefficient (Wildman–Crippen LogP) is 2.25. The lowest BCUT2D eigenvalue weighted by molar-refractivity contribution is -0.130. The number of carbonyl (C=O) groups is 1. The smallest absolute Gasteiger partial charge is 0.243 e. The molecule has 1 N–H and O–H groups in total. The number of anilines is 1. The quantitative estimate of drug-likeness (QED) is 0.854. The molecule has 0 aliphatic carbocycles. The maximum atomic E-state index is 12.6. The molecule has 27 heavy (non-hydrogen) atoms. The third kappa shape index (κ3) is 4.67. The van der Waals surface area contributed by atoms with Gasteiger partial charge in [0.25, 0.3) is 0 Å². The fourth-order valence-corrected chi connectivity index (χ4v) is 4.73. The van der Waals surface area contributed by atoms with Crippen molar-refractivity contribution in [3.05, 3.63) is 59.7 Å². The summed E-state index contributed by atoms with van der Waals surface area (Å²) in [5, 5.41) is 3.17. The number of piperazine rings is 1. The third-order valence-corrected chi connectivity index (χ3v) is 6.55. The highest BCUT2D eigenvalue weighted by Crippen LogP contribution is 2.18. The van der Waals surface area contributed by atoms with Crippen molar-refractivity contribution in [2.24, 2.45) is 0 Å². The van der Waals surface area contributed by atoms with E-state index >= 15 is 0 Å². The van der Waals surface area contributed by atoms with E-state index in [0.717, 1.165) is 16.8 Å². The number of hydrogen-bond acceptors (Lipinski definition) is 4. The number of hydrogen-bond donors (Lipinski definition) is 1. The molecule has 0 radical (unpaired) electrons. The van der Waals surface area contributed by atoms with E-state index in [1.807, 2.05) is 26.0 Å². The van der Waals surface area contributed by atoms with E-state index in [2.05, 4.69) is 11.4 Å². The minimum atomic E-state index is -3.50. The maximum Gasteiger partial charge on any atom is 0.243 e. The minimum Gasteiger partial charge on any atom is -0.376 e. The molecule has 1 amide bonds. The van der Waals surface area contributed by atoms with E-state index < -0.39 is 10.0 Å². The highest BCUT2D eigenvalue weighted by Gasteiger charge is 2.29. The SMILES string of the molecule is Cc1cc(C)cc(NCC(=O)N2CCN(S(=O)(=O)c3ccccc3)CC2)c1. The molecule has 0 spiro atoms. The van der Waals surface area contributed by atoms with Crippen LogP contribution in [0.3, 0.4) is 0 Å². The first kappa shape index (κ1) is 19.4. The van der Waals surface area contributed by atoms with Crippen molar-refractivity contribution >= 4 is 21.6 Å². The van der Waals surface area contributed by atoms with E-state index in [-0.39, 0.29) is 12.5 Å². The van der Waals surface area contributed by atoms with E-state index in [0.29, 0.717) is 31.1 Å². The summed E-state index contributed by atoms with van der Waals surface area (Å²) in [5.74, 6) is -0.0223. The van der Waals surface area contributed by atoms with Crippen LogP contribution in [-0.4, -0.2) is 56.3 Å². The van der Waals surface area contributed by atoms with E-state index in [1.54, 1.807) is 35.2 Å². The van der Waals surface area contributed by atoms with Gasteiger partial charge in [-0.2, -0.15) is 4.31 Å². The van der Waals surface area contributed by atoms with Crippen LogP contribution >= 0.6 is 0 Å². The summed E-state index contributed by atoms with van der Waals surface area (Å²) >= 11 is 0. The Morgan fingerprint density at radius 1 is 0.963 bits per heavy atom. The van der Waals surface area contributed by atoms with Crippen molar-refractivity contribution in [1.29, 1.82) is 0 Å². The molecule has 7 heteroatoms. The molecule has 1 saturated heterocycles. The molecule has 6 nitrogen and oxygen atoms in total. The van der Waals surface area contributed by atoms with E-state index in [9.17, 15) is 13.2 Å². The van der Waals surface area contributed by atoms with Gasteiger partial charge in [0, 0.05) is 31.9 Å². The Bertz CT molecular complexity index is 885. The van der Waals surface area contributed by atoms with Crippen LogP contribution < -0.4 is 5.32 Å². The lowest BCUT2D eigenvalue weighted by Crippen LogP contribution is -2.51. The van der Waals surface area contributed by atoms with Gasteiger partial charge in [0.1, 0.15) is 0 Å². The van der Waals surface area contributed by atoms with Crippen LogP contribution in [0.2, 0.25) is 0 Å². The summed E-state index contributed by atoms with van der Waals surface area (Å²) in [6, 6.07) is 14.5. The molecular weight excluding hydrogens is 362 g/mol. The van der Waals surface area contributed by atoms with Gasteiger partial charge in [-0.1, -0.05) is 24.3 Å². The van der Waals surface area contributed by atoms with E-state index in [1.165, 1.54) is 4.31 Å². The van der Waals surface area contributed by atoms with Crippen molar-refractivity contribution < 1.29 is 13.2 Å². The highest BCUT2D eigenvalue weighted by molar-refractivity contribution is 7.89. The van der Waals surface area contributed by atoms with Gasteiger partial charge in [0.05, 0.1) is 11.4 Å². The number of nitrogens with zero attached hydrogens (tertiary/aromatic N) is 2. The molecule has 1 heterocycles. The second-order valence-corrected chi connectivity index (χ2v) is 8.77. The number of rotatable bonds is 5. The van der Waals surface area contributed by atoms with Crippen LogP contribution in [0.15, 0.2) is 53.4 Å². The fraction of sp³-hybridized carbons (Fsp3) is 0.350. The number of benzene rings is 2. The van der Waals surface area contributed by atoms with Crippen molar-refractivity contribution in [2.75, 3.05) is 38.0 Å². The van der Waals surface area contributed by atoms with Gasteiger partial charge in [-0.25, -0.2) is 8.42 Å². The normalized spacial score (nSPS) is 15.6. The zero-order valence-corrected chi connectivity index (χ0v) is 16.5. The first-order valence-corrected chi connectivity index (χ1v) is 10.5. The zero-order chi connectivity index (χ0) is 19.4. The van der Waals surface area contributed by atoms with Gasteiger partial charge in [-0.15, -0.1) is 0 Å². The molecule has 1 aliphatic heterocycles. The lowest BCUT2D eigenvalue weighted by atomic mass is 10.1. The Hall–Kier alpha value is -2.38. The van der Waals surface area contributed by atoms with Gasteiger partial charge in [0.15, 0.2) is 0 Å². The molecule has 2 aromatic carbocycles. The molecule has 3 rings (SSSR count). The van der Waals surface area contributed by atoms with Crippen LogP contribution in [0.25, 0.3) is 0 Å². The first-order chi connectivity index (χ1) is 12.9. The molecule has 0 unspecified atom stereocenters. The standard InChI is InChI=1S/C20H25N3O3S/c1-16-12-17(2)14-18(13-16)21-15-20(24)22-8-10-23(11-9-22)27(25,26)19-6-4-3-5-7-19/h3-7,12-14,21H,8-11,15H2,1-2H3. The highest BCUT2D eigenvalue weighted by atomic mass is 32.2. The van der Waals surface area contributed by atoms with Crippen molar-refractivity contribution in [3.8, 4) is 0 Å². The summed E-state index contributed by atoms with van der Waals surface area (Å²) in [6.45, 7) is 5.67. The monoisotopic (exact) mass is 387 g/mol. The van der Waals surface area contributed by atoms with Crippen LogP contribution in [0, 0.1) is 13.8 Å². The molecule has 0 atom stereocenters. The average Bonchev–Trinajstić information content (AvgIpc) is 2.66. The second-order valence-electron chi connectivity index (χ2n) is 6.83. The van der Waals surface area contributed by atoms with Crippen LogP contribution in [0.1, 0.15) is 11.1 Å². The topological polar surface area (TPSA) is 69.7 Å². The van der Waals surface area contributed by atoms with Gasteiger partial charge in [-0.3, -0.25) is 4.79 Å². The first-order valence-electron chi connectivity index (χ1n) is 9.01. The molecule has 1 aliphatic rings. The van der Waals surface area contributed by atoms with E-state index in [4.69, 9.17) is 0 Å². The number of nitrogens with one attached hydrogen (secondary N) is 1. The second kappa shape index (κ2) is 8.10. The Labute approximate surface area is 160 Å². The zero-order valence-electron chi connectivity index (χ0n) is 15.7. The Morgan fingerprint density at radius 2 is 1.56 bits per heavy atom. The summed E-state index contributed by atoms with van der Waals surface area (Å²) in [5.41, 5.74) is 3.21. The fourth-order valence-electron chi connectivity index (χ4n) is 3.29. The molecule has 144 valence electrons. The summed E-state index contributed by atoms with van der Waals surface area (Å²) in [7, 11) is -3.50. The van der Waals surface area contributed by atoms with Gasteiger partial charge in [-0.05, 0) is 49.2 Å². The largest absolute Gasteiger partial charge is 0.376 e. The maximum absolute atomic E-state index is 12.6. The molecule has 0 aromatic heterocycles. The van der Waals surface area contributed by atoms with Gasteiger partial charge in [0.2, 0.25) is 15.9 Å². The molecular formula is C20H25N3O3S. The Balaban J connectivity index is 1.55. The average molecular weight is 388 g/mol. The molecule has 2 aromatic rings. The summed E-state index contributed by atoms with van der Waals surface area (Å²) in [6.07, 6.45) is 0. The van der Waals surface area contributed by atoms with Gasteiger partial charge >= 0.3 is 0 Å². The van der Waals surface area contributed by atoms with Crippen LogP contribution in [0.4, 0.5) is 5.69 Å². The van der Waals surface area contributed by atoms with Crippen LogP contribution in [0.5, 0.6) is 0 Å². The van der Waals surface area contributed by atoms with Crippen molar-refractivity contribution in [1.82, 2.24) is 9.21 Å². The van der Waals surface area contributed by atoms with Crippen LogP contribution in [-0.2, 0) is 14.8 Å². The Morgan fingerprint density at radius 3 is 2.15 bits per heavy atom. The number of aryl methyl sites for hydroxylation is 2. The minimum absolute atomic E-state index is 0.0223. The summed E-state index contributed by atoms with van der Waals surface area (Å²) in [4.78, 5) is 14.5. The molecule has 0 saturated carbocycles.